The van der Waals surface area contributed by atoms with Gasteiger partial charge in [-0.2, -0.15) is 13.2 Å². The average molecular weight is 292 g/mol. The van der Waals surface area contributed by atoms with Crippen LogP contribution in [-0.2, 0) is 0 Å². The first-order valence-corrected chi connectivity index (χ1v) is 6.35. The summed E-state index contributed by atoms with van der Waals surface area (Å²) < 4.78 is 54.7. The van der Waals surface area contributed by atoms with Crippen LogP contribution in [0.3, 0.4) is 0 Å². The molecule has 2 N–H and O–H groups in total. The third-order valence-electron chi connectivity index (χ3n) is 3.19. The number of anilines is 1. The highest BCUT2D eigenvalue weighted by Crippen LogP contribution is 2.32. The lowest BCUT2D eigenvalue weighted by Gasteiger charge is -2.33. The molecule has 0 radical (unpaired) electrons. The number of nitrogens with two attached hydrogens (primary N) is 1. The summed E-state index contributed by atoms with van der Waals surface area (Å²) in [5.41, 5.74) is 6.13. The normalized spacial score (nSPS) is 17.4. The second-order valence-corrected chi connectivity index (χ2v) is 4.84. The monoisotopic (exact) mass is 292 g/mol. The lowest BCUT2D eigenvalue weighted by atomic mass is 10.1. The largest absolute Gasteiger partial charge is 0.482 e. The number of halogens is 4. The molecule has 1 heterocycles. The number of ether oxygens (including phenoxy) is 1. The third kappa shape index (κ3) is 4.00. The minimum atomic E-state index is -4.42. The molecule has 7 heteroatoms. The summed E-state index contributed by atoms with van der Waals surface area (Å²) in [6.07, 6.45) is -2.99. The first kappa shape index (κ1) is 14.9. The maximum absolute atomic E-state index is 13.3. The Morgan fingerprint density at radius 3 is 2.50 bits per heavy atom. The van der Waals surface area contributed by atoms with E-state index < -0.39 is 18.6 Å². The van der Waals surface area contributed by atoms with Crippen molar-refractivity contribution in [3.05, 3.63) is 24.0 Å². The summed E-state index contributed by atoms with van der Waals surface area (Å²) in [6, 6.07) is 3.60. The molecule has 0 spiro atoms. The van der Waals surface area contributed by atoms with Crippen molar-refractivity contribution in [1.29, 1.82) is 0 Å². The maximum Gasteiger partial charge on any atom is 0.422 e. The molecule has 0 bridgehead atoms. The van der Waals surface area contributed by atoms with Crippen molar-refractivity contribution in [2.24, 2.45) is 5.73 Å². The minimum Gasteiger partial charge on any atom is -0.482 e. The summed E-state index contributed by atoms with van der Waals surface area (Å²) in [5.74, 6) is -0.464. The smallest absolute Gasteiger partial charge is 0.422 e. The molecular weight excluding hydrogens is 276 g/mol. The van der Waals surface area contributed by atoms with Crippen LogP contribution < -0.4 is 15.4 Å². The van der Waals surface area contributed by atoms with Crippen molar-refractivity contribution in [3.63, 3.8) is 0 Å². The Bertz CT molecular complexity index is 456. The predicted octanol–water partition coefficient (Wildman–Crippen LogP) is 2.69. The van der Waals surface area contributed by atoms with E-state index in [2.05, 4.69) is 0 Å². The zero-order valence-corrected chi connectivity index (χ0v) is 10.8. The zero-order chi connectivity index (χ0) is 14.8. The predicted molar refractivity (Wildman–Crippen MR) is 67.4 cm³/mol. The fourth-order valence-electron chi connectivity index (χ4n) is 2.16. The molecule has 1 aliphatic rings. The van der Waals surface area contributed by atoms with E-state index in [1.54, 1.807) is 4.90 Å². The number of piperidine rings is 1. The Hall–Kier alpha value is -1.50. The van der Waals surface area contributed by atoms with E-state index in [1.807, 2.05) is 0 Å². The van der Waals surface area contributed by atoms with Gasteiger partial charge in [0.1, 0.15) is 11.6 Å². The molecule has 1 saturated heterocycles. The Balaban J connectivity index is 2.15. The summed E-state index contributed by atoms with van der Waals surface area (Å²) in [6.45, 7) is -0.237. The van der Waals surface area contributed by atoms with Crippen LogP contribution in [0.25, 0.3) is 0 Å². The van der Waals surface area contributed by atoms with Gasteiger partial charge in [0, 0.05) is 25.2 Å². The van der Waals surface area contributed by atoms with Gasteiger partial charge in [-0.05, 0) is 25.0 Å². The van der Waals surface area contributed by atoms with Gasteiger partial charge in [0.05, 0.1) is 5.69 Å². The number of benzene rings is 1. The highest BCUT2D eigenvalue weighted by molar-refractivity contribution is 5.59. The maximum atomic E-state index is 13.3. The molecule has 1 aliphatic heterocycles. The van der Waals surface area contributed by atoms with Gasteiger partial charge in [-0.3, -0.25) is 0 Å². The average Bonchev–Trinajstić information content (AvgIpc) is 2.37. The molecule has 20 heavy (non-hydrogen) atoms. The molecule has 112 valence electrons. The molecule has 0 saturated carbocycles. The van der Waals surface area contributed by atoms with Crippen LogP contribution in [-0.4, -0.2) is 31.9 Å². The molecule has 0 aliphatic carbocycles. The lowest BCUT2D eigenvalue weighted by molar-refractivity contribution is -0.153. The fourth-order valence-corrected chi connectivity index (χ4v) is 2.16. The quantitative estimate of drug-likeness (QED) is 0.871. The van der Waals surface area contributed by atoms with Crippen LogP contribution in [0.15, 0.2) is 18.2 Å². The molecular formula is C13H16F4N2O. The first-order chi connectivity index (χ1) is 9.35. The van der Waals surface area contributed by atoms with Gasteiger partial charge in [-0.15, -0.1) is 0 Å². The van der Waals surface area contributed by atoms with Crippen molar-refractivity contribution in [3.8, 4) is 5.75 Å². The van der Waals surface area contributed by atoms with Gasteiger partial charge in [0.25, 0.3) is 0 Å². The van der Waals surface area contributed by atoms with Gasteiger partial charge >= 0.3 is 6.18 Å². The number of alkyl halides is 3. The fraction of sp³-hybridized carbons (Fsp3) is 0.538. The van der Waals surface area contributed by atoms with Crippen molar-refractivity contribution in [2.45, 2.75) is 25.1 Å². The summed E-state index contributed by atoms with van der Waals surface area (Å²) >= 11 is 0. The van der Waals surface area contributed by atoms with Gasteiger partial charge in [-0.25, -0.2) is 4.39 Å². The summed E-state index contributed by atoms with van der Waals surface area (Å²) in [5, 5.41) is 0. The van der Waals surface area contributed by atoms with Crippen LogP contribution >= 0.6 is 0 Å². The zero-order valence-electron chi connectivity index (χ0n) is 10.8. The van der Waals surface area contributed by atoms with Crippen molar-refractivity contribution >= 4 is 5.69 Å². The molecule has 0 aromatic heterocycles. The Morgan fingerprint density at radius 2 is 1.90 bits per heavy atom. The Labute approximate surface area is 114 Å². The molecule has 1 aromatic rings. The van der Waals surface area contributed by atoms with Crippen molar-refractivity contribution in [2.75, 3.05) is 24.6 Å². The molecule has 1 aromatic carbocycles. The second kappa shape index (κ2) is 5.87. The highest BCUT2D eigenvalue weighted by atomic mass is 19.4. The van der Waals surface area contributed by atoms with Gasteiger partial charge in [0.2, 0.25) is 0 Å². The van der Waals surface area contributed by atoms with Crippen LogP contribution in [0.5, 0.6) is 5.75 Å². The van der Waals surface area contributed by atoms with E-state index in [0.717, 1.165) is 18.9 Å². The Kier molecular flexibility index (Phi) is 4.37. The molecule has 0 amide bonds. The van der Waals surface area contributed by atoms with Gasteiger partial charge < -0.3 is 15.4 Å². The van der Waals surface area contributed by atoms with Crippen LogP contribution in [0, 0.1) is 5.82 Å². The third-order valence-corrected chi connectivity index (χ3v) is 3.19. The van der Waals surface area contributed by atoms with E-state index in [-0.39, 0.29) is 11.8 Å². The summed E-state index contributed by atoms with van der Waals surface area (Å²) in [7, 11) is 0. The lowest BCUT2D eigenvalue weighted by Crippen LogP contribution is -2.40. The van der Waals surface area contributed by atoms with E-state index in [4.69, 9.17) is 10.5 Å². The SMILES string of the molecule is NC1CCN(c2cc(F)ccc2OCC(F)(F)F)CC1. The van der Waals surface area contributed by atoms with Gasteiger partial charge in [-0.1, -0.05) is 0 Å². The van der Waals surface area contributed by atoms with E-state index in [9.17, 15) is 17.6 Å². The minimum absolute atomic E-state index is 0.0409. The van der Waals surface area contributed by atoms with Crippen molar-refractivity contribution < 1.29 is 22.3 Å². The van der Waals surface area contributed by atoms with Crippen LogP contribution in [0.4, 0.5) is 23.2 Å². The van der Waals surface area contributed by atoms with Gasteiger partial charge in [0.15, 0.2) is 6.61 Å². The van der Waals surface area contributed by atoms with E-state index in [0.29, 0.717) is 18.8 Å². The highest BCUT2D eigenvalue weighted by Gasteiger charge is 2.29. The molecule has 1 fully saturated rings. The number of rotatable bonds is 3. The van der Waals surface area contributed by atoms with E-state index >= 15 is 0 Å². The first-order valence-electron chi connectivity index (χ1n) is 6.35. The molecule has 0 unspecified atom stereocenters. The van der Waals surface area contributed by atoms with Crippen molar-refractivity contribution in [1.82, 2.24) is 0 Å². The van der Waals surface area contributed by atoms with E-state index in [1.165, 1.54) is 12.1 Å². The van der Waals surface area contributed by atoms with Crippen LogP contribution in [0.1, 0.15) is 12.8 Å². The van der Waals surface area contributed by atoms with Crippen LogP contribution in [0.2, 0.25) is 0 Å². The second-order valence-electron chi connectivity index (χ2n) is 4.84. The molecule has 0 atom stereocenters. The number of nitrogens with zero attached hydrogens (tertiary/aromatic N) is 1. The Morgan fingerprint density at radius 1 is 1.25 bits per heavy atom. The molecule has 3 nitrogen and oxygen atoms in total. The number of hydrogen-bond acceptors (Lipinski definition) is 3. The standard InChI is InChI=1S/C13H16F4N2O/c14-9-1-2-12(20-8-13(15,16)17)11(7-9)19-5-3-10(18)4-6-19/h1-2,7,10H,3-6,8,18H2. The number of hydrogen-bond donors (Lipinski definition) is 1. The topological polar surface area (TPSA) is 38.5 Å². The summed E-state index contributed by atoms with van der Waals surface area (Å²) in [4.78, 5) is 1.80. The molecule has 2 rings (SSSR count).